The summed E-state index contributed by atoms with van der Waals surface area (Å²) in [7, 11) is 0. The van der Waals surface area contributed by atoms with E-state index >= 15 is 0 Å². The molecule has 0 amide bonds. The molecule has 0 aliphatic heterocycles. The maximum absolute atomic E-state index is 1.93. The Balaban J connectivity index is 0.0000000955. The van der Waals surface area contributed by atoms with Crippen molar-refractivity contribution in [3.8, 4) is 0 Å². The third kappa shape index (κ3) is 5.93. The molecular weight excluding hydrogens is 739 g/mol. The van der Waals surface area contributed by atoms with Crippen LogP contribution in [-0.2, 0) is 20.1 Å². The van der Waals surface area contributed by atoms with E-state index in [2.05, 4.69) is 0 Å². The molecule has 20 saturated carbocycles. The predicted octanol–water partition coefficient (Wildman–Crippen LogP) is 10.6. The topological polar surface area (TPSA) is 0 Å². The molecule has 1 radical (unpaired) electrons. The fourth-order valence-electron chi connectivity index (χ4n) is 22.7. The largest absolute Gasteiger partial charge is 1.00 e. The average Bonchev–Trinajstić information content (AvgIpc) is 3.02. The molecule has 52 heavy (non-hydrogen) atoms. The van der Waals surface area contributed by atoms with Crippen molar-refractivity contribution < 1.29 is 71.5 Å². The van der Waals surface area contributed by atoms with Gasteiger partial charge in [-0.05, 0) is 247 Å². The summed E-state index contributed by atoms with van der Waals surface area (Å²) >= 11 is 0. The monoisotopic (exact) mass is 813 g/mol. The summed E-state index contributed by atoms with van der Waals surface area (Å²) in [6.45, 7) is 0. The van der Waals surface area contributed by atoms with Gasteiger partial charge in [0.1, 0.15) is 0 Å². The Morgan fingerprint density at radius 1 is 0.231 bits per heavy atom. The van der Waals surface area contributed by atoms with Crippen LogP contribution in [0.2, 0.25) is 0 Å². The fraction of sp³-hybridized carbons (Fsp3) is 0.980. The van der Waals surface area contributed by atoms with Crippen molar-refractivity contribution >= 4 is 0 Å². The van der Waals surface area contributed by atoms with Crippen LogP contribution in [0.15, 0.2) is 0 Å². The number of rotatable bonds is 2. The van der Waals surface area contributed by atoms with E-state index in [1.807, 2.05) is 5.92 Å². The van der Waals surface area contributed by atoms with Crippen LogP contribution in [0, 0.1) is 116 Å². The van der Waals surface area contributed by atoms with Gasteiger partial charge >= 0.3 is 51.4 Å². The molecule has 283 valence electrons. The van der Waals surface area contributed by atoms with Gasteiger partial charge in [-0.3, -0.25) is 0 Å². The molecule has 0 saturated heterocycles. The SMILES string of the molecule is C1C2CC3CC1CC(C14CC5CC(CC(C5)C1)C4)(C2)C3.C1C2CC3CC1CC(C14CC5CC(CC(C5)C1)C4)(C2)C3.C1[C-]2CC3CC1CC(C2)C3.[99Tc].[K+]. The quantitative estimate of drug-likeness (QED) is 0.192. The van der Waals surface area contributed by atoms with Gasteiger partial charge in [-0.25, -0.2) is 0 Å². The Labute approximate surface area is 376 Å². The van der Waals surface area contributed by atoms with Gasteiger partial charge in [0.15, 0.2) is 0 Å². The Bertz CT molecular complexity index is 992. The number of hydrogen-bond acceptors (Lipinski definition) is 0. The zero-order chi connectivity index (χ0) is 32.5. The molecule has 0 spiro atoms. The van der Waals surface area contributed by atoms with E-state index in [1.54, 1.807) is 173 Å². The van der Waals surface area contributed by atoms with Crippen LogP contribution in [0.25, 0.3) is 0 Å². The van der Waals surface area contributed by atoms with Crippen molar-refractivity contribution in [2.45, 2.75) is 193 Å². The Kier molecular flexibility index (Phi) is 9.61. The molecule has 0 unspecified atom stereocenters. The van der Waals surface area contributed by atoms with Gasteiger partial charge in [0.2, 0.25) is 0 Å². The summed E-state index contributed by atoms with van der Waals surface area (Å²) in [5.74, 6) is 19.3. The van der Waals surface area contributed by atoms with Gasteiger partial charge in [-0.15, -0.1) is 0 Å². The first-order valence-electron chi connectivity index (χ1n) is 24.2. The Morgan fingerprint density at radius 2 is 0.365 bits per heavy atom. The average molecular weight is 814 g/mol. The van der Waals surface area contributed by atoms with Gasteiger partial charge in [-0.2, -0.15) is 19.3 Å². The summed E-state index contributed by atoms with van der Waals surface area (Å²) in [6.07, 6.45) is 48.9. The van der Waals surface area contributed by atoms with Crippen molar-refractivity contribution in [3.63, 3.8) is 0 Å². The van der Waals surface area contributed by atoms with E-state index in [1.165, 1.54) is 19.3 Å². The van der Waals surface area contributed by atoms with Crippen molar-refractivity contribution in [3.05, 3.63) is 5.92 Å². The van der Waals surface area contributed by atoms with Crippen LogP contribution in [-0.4, -0.2) is 0 Å². The van der Waals surface area contributed by atoms with Crippen LogP contribution in [0.5, 0.6) is 0 Å². The van der Waals surface area contributed by atoms with E-state index in [-0.39, 0.29) is 71.5 Å². The minimum Gasteiger partial charge on any atom is -0.313 e. The number of hydrogen-bond donors (Lipinski definition) is 0. The van der Waals surface area contributed by atoms with Gasteiger partial charge in [-0.1, -0.05) is 37.0 Å². The summed E-state index contributed by atoms with van der Waals surface area (Å²) in [5.41, 5.74) is 3.44. The molecule has 0 aromatic carbocycles. The van der Waals surface area contributed by atoms with Crippen LogP contribution >= 0.6 is 0 Å². The molecule has 0 N–H and O–H groups in total. The second-order valence-electron chi connectivity index (χ2n) is 25.5. The molecule has 2 heteroatoms. The van der Waals surface area contributed by atoms with E-state index in [0.29, 0.717) is 0 Å². The second-order valence-corrected chi connectivity index (χ2v) is 25.5. The first-order valence-corrected chi connectivity index (χ1v) is 24.2. The maximum atomic E-state index is 1.93. The molecule has 20 fully saturated rings. The van der Waals surface area contributed by atoms with Gasteiger partial charge in [0.25, 0.3) is 0 Å². The molecule has 0 atom stereocenters. The van der Waals surface area contributed by atoms with E-state index in [0.717, 1.165) is 110 Å². The second kappa shape index (κ2) is 13.4. The van der Waals surface area contributed by atoms with Crippen LogP contribution in [0.3, 0.4) is 0 Å². The molecule has 20 rings (SSSR count). The van der Waals surface area contributed by atoms with Gasteiger partial charge < -0.3 is 5.92 Å². The third-order valence-electron chi connectivity index (χ3n) is 22.1. The molecular formula is C50H75KTc. The zero-order valence-electron chi connectivity index (χ0n) is 33.8. The first-order chi connectivity index (χ1) is 24.3. The van der Waals surface area contributed by atoms with Gasteiger partial charge in [0.05, 0.1) is 0 Å². The normalized spacial score (nSPS) is 60.8. The van der Waals surface area contributed by atoms with Crippen molar-refractivity contribution in [2.24, 2.45) is 110 Å². The maximum Gasteiger partial charge on any atom is 1.00 e. The van der Waals surface area contributed by atoms with Gasteiger partial charge in [0, 0.05) is 20.1 Å². The minimum absolute atomic E-state index is 0. The molecule has 0 heterocycles. The molecule has 20 bridgehead atoms. The Morgan fingerprint density at radius 3 is 0.500 bits per heavy atom. The van der Waals surface area contributed by atoms with Crippen LogP contribution in [0.1, 0.15) is 193 Å². The standard InChI is InChI=1S/2C20H30.C10H15.K.Tc/c2*1-13-2-15-3-14(1)8-19(7-13,9-15)20-10-16-4-17(11-20)6-18(5-16)12-20;1-7-2-9-4-8(1)5-10(3-7)6-9;;/h2*13-18H,1-12H2;7-9H,1-6H2;;/q;;-1;+1;/i;;;;1+1. The molecule has 0 nitrogen and oxygen atoms in total. The summed E-state index contributed by atoms with van der Waals surface area (Å²) in [5, 5.41) is 0. The zero-order valence-corrected chi connectivity index (χ0v) is 38.7. The van der Waals surface area contributed by atoms with Crippen LogP contribution < -0.4 is 51.4 Å². The summed E-state index contributed by atoms with van der Waals surface area (Å²) in [6, 6.07) is 0. The minimum atomic E-state index is 0. The van der Waals surface area contributed by atoms with E-state index < -0.39 is 0 Å². The third-order valence-corrected chi connectivity index (χ3v) is 22.1. The van der Waals surface area contributed by atoms with Crippen molar-refractivity contribution in [2.75, 3.05) is 0 Å². The summed E-state index contributed by atoms with van der Waals surface area (Å²) < 4.78 is 0. The fourth-order valence-corrected chi connectivity index (χ4v) is 22.7. The molecule has 0 aromatic heterocycles. The molecule has 0 aromatic rings. The Hall–Kier alpha value is 2.29. The predicted molar refractivity (Wildman–Crippen MR) is 204 cm³/mol. The van der Waals surface area contributed by atoms with E-state index in [4.69, 9.17) is 0 Å². The molecule has 20 aliphatic carbocycles. The smallest absolute Gasteiger partial charge is 0.313 e. The van der Waals surface area contributed by atoms with Crippen LogP contribution in [0.4, 0.5) is 0 Å². The van der Waals surface area contributed by atoms with Crippen molar-refractivity contribution in [1.82, 2.24) is 0 Å². The van der Waals surface area contributed by atoms with Crippen molar-refractivity contribution in [1.29, 1.82) is 0 Å². The van der Waals surface area contributed by atoms with E-state index in [9.17, 15) is 0 Å². The molecule has 20 aliphatic rings. The summed E-state index contributed by atoms with van der Waals surface area (Å²) in [4.78, 5) is 0. The first kappa shape index (κ1) is 37.3.